The third-order valence-corrected chi connectivity index (χ3v) is 9.06. The molecular formula is C35H26BrClN2O4S. The number of thiazole rings is 1. The number of hydrogen-bond donors (Lipinski definition) is 0. The second kappa shape index (κ2) is 13.2. The van der Waals surface area contributed by atoms with E-state index >= 15 is 0 Å². The lowest BCUT2D eigenvalue weighted by molar-refractivity contribution is -0.138. The van der Waals surface area contributed by atoms with Gasteiger partial charge in [0.15, 0.2) is 4.80 Å². The second-order valence-corrected chi connectivity index (χ2v) is 12.2. The topological polar surface area (TPSA) is 69.9 Å². The third kappa shape index (κ3) is 6.06. The van der Waals surface area contributed by atoms with E-state index in [1.165, 1.54) is 11.3 Å². The Morgan fingerprint density at radius 1 is 1.00 bits per heavy atom. The Bertz CT molecular complexity index is 2060. The lowest BCUT2D eigenvalue weighted by Crippen LogP contribution is -2.39. The number of aromatic nitrogens is 1. The minimum absolute atomic E-state index is 0.198. The Morgan fingerprint density at radius 2 is 1.70 bits per heavy atom. The molecule has 0 spiro atoms. The van der Waals surface area contributed by atoms with Crippen molar-refractivity contribution >= 4 is 56.6 Å². The quantitative estimate of drug-likeness (QED) is 0.166. The van der Waals surface area contributed by atoms with Gasteiger partial charge in [-0.1, -0.05) is 108 Å². The number of fused-ring (bicyclic) bond motifs is 1. The molecule has 1 atom stereocenters. The van der Waals surface area contributed by atoms with E-state index < -0.39 is 12.0 Å². The molecule has 6 nitrogen and oxygen atoms in total. The molecule has 0 amide bonds. The minimum Gasteiger partial charge on any atom is -0.488 e. The molecule has 1 aromatic heterocycles. The Morgan fingerprint density at radius 3 is 2.41 bits per heavy atom. The van der Waals surface area contributed by atoms with Crippen LogP contribution in [0, 0.1) is 0 Å². The molecule has 0 fully saturated rings. The minimum atomic E-state index is -0.712. The first-order chi connectivity index (χ1) is 21.4. The van der Waals surface area contributed by atoms with Crippen molar-refractivity contribution < 1.29 is 14.3 Å². The second-order valence-electron chi connectivity index (χ2n) is 9.91. The highest BCUT2D eigenvalue weighted by molar-refractivity contribution is 9.10. The number of carbonyl (C=O) groups is 1. The molecule has 6 rings (SSSR count). The van der Waals surface area contributed by atoms with Gasteiger partial charge in [0.05, 0.1) is 32.9 Å². The maximum absolute atomic E-state index is 14.1. The van der Waals surface area contributed by atoms with Crippen LogP contribution in [0.5, 0.6) is 5.75 Å². The molecule has 9 heteroatoms. The summed E-state index contributed by atoms with van der Waals surface area (Å²) in [6.07, 6.45) is 1.82. The zero-order valence-electron chi connectivity index (χ0n) is 23.6. The number of carbonyl (C=O) groups excluding carboxylic acids is 1. The molecule has 1 aliphatic rings. The highest BCUT2D eigenvalue weighted by Crippen LogP contribution is 2.35. The number of hydrogen-bond acceptors (Lipinski definition) is 6. The van der Waals surface area contributed by atoms with Crippen LogP contribution in [-0.2, 0) is 16.1 Å². The lowest BCUT2D eigenvalue weighted by atomic mass is 9.93. The van der Waals surface area contributed by atoms with Crippen LogP contribution < -0.4 is 19.6 Å². The first-order valence-corrected chi connectivity index (χ1v) is 15.9. The smallest absolute Gasteiger partial charge is 0.338 e. The maximum Gasteiger partial charge on any atom is 0.338 e. The van der Waals surface area contributed by atoms with Gasteiger partial charge in [0, 0.05) is 16.1 Å². The van der Waals surface area contributed by atoms with Gasteiger partial charge in [-0.3, -0.25) is 9.36 Å². The molecule has 0 saturated heterocycles. The van der Waals surface area contributed by atoms with E-state index in [1.807, 2.05) is 109 Å². The van der Waals surface area contributed by atoms with E-state index in [0.29, 0.717) is 38.0 Å². The number of esters is 1. The van der Waals surface area contributed by atoms with Gasteiger partial charge in [-0.25, -0.2) is 9.79 Å². The predicted octanol–water partition coefficient (Wildman–Crippen LogP) is 6.93. The Balaban J connectivity index is 1.45. The van der Waals surface area contributed by atoms with E-state index in [2.05, 4.69) is 15.9 Å². The average Bonchev–Trinajstić information content (AvgIpc) is 3.35. The molecule has 44 heavy (non-hydrogen) atoms. The number of rotatable bonds is 8. The Labute approximate surface area is 271 Å². The molecule has 220 valence electrons. The first kappa shape index (κ1) is 29.8. The van der Waals surface area contributed by atoms with Crippen molar-refractivity contribution in [2.45, 2.75) is 19.6 Å². The Kier molecular flexibility index (Phi) is 8.93. The van der Waals surface area contributed by atoms with Crippen molar-refractivity contribution in [3.63, 3.8) is 0 Å². The van der Waals surface area contributed by atoms with E-state index in [9.17, 15) is 9.59 Å². The molecule has 2 heterocycles. The molecule has 0 N–H and O–H groups in total. The SMILES string of the molecule is CCOC(=O)C1=C(c2ccccc2)N=c2s/c(=C\c3ccc(OCc4ccccc4Cl)c(Br)c3)c(=O)n2[C@H]1c1ccccc1. The van der Waals surface area contributed by atoms with E-state index in [4.69, 9.17) is 26.1 Å². The summed E-state index contributed by atoms with van der Waals surface area (Å²) < 4.78 is 14.3. The monoisotopic (exact) mass is 684 g/mol. The maximum atomic E-state index is 14.1. The predicted molar refractivity (Wildman–Crippen MR) is 177 cm³/mol. The van der Waals surface area contributed by atoms with E-state index in [1.54, 1.807) is 11.5 Å². The van der Waals surface area contributed by atoms with Gasteiger partial charge < -0.3 is 9.47 Å². The standard InChI is InChI=1S/C35H26BrClN2O4S/c1-2-42-34(41)30-31(23-11-5-3-6-12-23)38-35-39(32(30)24-13-7-4-8-14-24)33(40)29(44-35)20-22-17-18-28(26(36)19-22)43-21-25-15-9-10-16-27(25)37/h3-20,32H,2,21H2,1H3/b29-20-/t32-/m0/s1. The number of nitrogens with zero attached hydrogens (tertiary/aromatic N) is 2. The molecule has 4 aromatic carbocycles. The van der Waals surface area contributed by atoms with Crippen LogP contribution in [0.25, 0.3) is 11.8 Å². The zero-order chi connectivity index (χ0) is 30.6. The normalized spacial score (nSPS) is 14.6. The molecule has 0 radical (unpaired) electrons. The molecular weight excluding hydrogens is 660 g/mol. The van der Waals surface area contributed by atoms with Crippen molar-refractivity contribution in [3.05, 3.63) is 160 Å². The summed E-state index contributed by atoms with van der Waals surface area (Å²) >= 11 is 11.2. The van der Waals surface area contributed by atoms with Crippen LogP contribution in [0.4, 0.5) is 0 Å². The fourth-order valence-electron chi connectivity index (χ4n) is 5.04. The summed E-state index contributed by atoms with van der Waals surface area (Å²) in [5.74, 6) is 0.147. The summed E-state index contributed by atoms with van der Waals surface area (Å²) in [4.78, 5) is 33.0. The van der Waals surface area contributed by atoms with Crippen LogP contribution in [0.15, 0.2) is 123 Å². The largest absolute Gasteiger partial charge is 0.488 e. The highest BCUT2D eigenvalue weighted by atomic mass is 79.9. The van der Waals surface area contributed by atoms with Crippen LogP contribution in [0.3, 0.4) is 0 Å². The van der Waals surface area contributed by atoms with Gasteiger partial charge in [0.2, 0.25) is 0 Å². The zero-order valence-corrected chi connectivity index (χ0v) is 26.7. The first-order valence-electron chi connectivity index (χ1n) is 13.9. The summed E-state index contributed by atoms with van der Waals surface area (Å²) in [6, 6.07) is 31.5. The van der Waals surface area contributed by atoms with E-state index in [0.717, 1.165) is 26.7 Å². The summed E-state index contributed by atoms with van der Waals surface area (Å²) in [5, 5.41) is 0.644. The summed E-state index contributed by atoms with van der Waals surface area (Å²) in [7, 11) is 0. The number of ether oxygens (including phenoxy) is 2. The molecule has 0 saturated carbocycles. The van der Waals surface area contributed by atoms with Crippen molar-refractivity contribution in [1.29, 1.82) is 0 Å². The fraction of sp³-hybridized carbons (Fsp3) is 0.114. The van der Waals surface area contributed by atoms with E-state index in [-0.39, 0.29) is 12.2 Å². The highest BCUT2D eigenvalue weighted by Gasteiger charge is 2.35. The molecule has 0 bridgehead atoms. The summed E-state index contributed by atoms with van der Waals surface area (Å²) in [5.41, 5.74) is 3.82. The Hall–Kier alpha value is -4.24. The number of halogens is 2. The lowest BCUT2D eigenvalue weighted by Gasteiger charge is -2.25. The number of benzene rings is 4. The van der Waals surface area contributed by atoms with Gasteiger partial charge in [0.1, 0.15) is 12.4 Å². The molecule has 5 aromatic rings. The van der Waals surface area contributed by atoms with Crippen molar-refractivity contribution in [1.82, 2.24) is 4.57 Å². The van der Waals surface area contributed by atoms with Crippen LogP contribution >= 0.6 is 38.9 Å². The van der Waals surface area contributed by atoms with Crippen molar-refractivity contribution in [3.8, 4) is 5.75 Å². The van der Waals surface area contributed by atoms with Crippen molar-refractivity contribution in [2.75, 3.05) is 6.61 Å². The van der Waals surface area contributed by atoms with Gasteiger partial charge in [-0.05, 0) is 58.3 Å². The molecule has 0 aliphatic carbocycles. The van der Waals surface area contributed by atoms with Gasteiger partial charge in [0.25, 0.3) is 5.56 Å². The molecule has 0 unspecified atom stereocenters. The van der Waals surface area contributed by atoms with Gasteiger partial charge in [-0.2, -0.15) is 0 Å². The van der Waals surface area contributed by atoms with Crippen LogP contribution in [-0.4, -0.2) is 17.1 Å². The third-order valence-electron chi connectivity index (χ3n) is 7.08. The van der Waals surface area contributed by atoms with Gasteiger partial charge in [-0.15, -0.1) is 0 Å². The van der Waals surface area contributed by atoms with Gasteiger partial charge >= 0.3 is 5.97 Å². The average molecular weight is 686 g/mol. The fourth-order valence-corrected chi connectivity index (χ4v) is 6.74. The van der Waals surface area contributed by atoms with Crippen molar-refractivity contribution in [2.24, 2.45) is 4.99 Å². The summed E-state index contributed by atoms with van der Waals surface area (Å²) in [6.45, 7) is 2.28. The van der Waals surface area contributed by atoms with Crippen LogP contribution in [0.2, 0.25) is 5.02 Å². The van der Waals surface area contributed by atoms with Crippen LogP contribution in [0.1, 0.15) is 35.2 Å². The molecule has 1 aliphatic heterocycles.